The zero-order valence-corrected chi connectivity index (χ0v) is 24.5. The Kier molecular flexibility index (Phi) is 7.16. The number of allylic oxidation sites excluding steroid dienone is 1. The predicted molar refractivity (Wildman–Crippen MR) is 157 cm³/mol. The lowest BCUT2D eigenvalue weighted by Gasteiger charge is -2.45. The number of ether oxygens (including phenoxy) is 1. The van der Waals surface area contributed by atoms with Gasteiger partial charge in [0.15, 0.2) is 0 Å². The van der Waals surface area contributed by atoms with Crippen molar-refractivity contribution in [3.05, 3.63) is 70.3 Å². The average molecular weight is 585 g/mol. The minimum absolute atomic E-state index is 0.0875. The molecule has 0 saturated heterocycles. The van der Waals surface area contributed by atoms with Crippen LogP contribution in [0.25, 0.3) is 0 Å². The molecule has 1 fully saturated rings. The zero-order valence-electron chi connectivity index (χ0n) is 23.0. The summed E-state index contributed by atoms with van der Waals surface area (Å²) in [7, 11) is -3.95. The molecule has 1 spiro atoms. The van der Waals surface area contributed by atoms with Gasteiger partial charge in [-0.1, -0.05) is 36.7 Å². The van der Waals surface area contributed by atoms with Crippen LogP contribution >= 0.6 is 11.6 Å². The second-order valence-corrected chi connectivity index (χ2v) is 14.7. The van der Waals surface area contributed by atoms with Crippen LogP contribution in [-0.2, 0) is 21.9 Å². The molecule has 2 bridgehead atoms. The first kappa shape index (κ1) is 27.6. The van der Waals surface area contributed by atoms with Gasteiger partial charge in [0.2, 0.25) is 10.0 Å². The Hall–Kier alpha value is -2.55. The van der Waals surface area contributed by atoms with E-state index in [-0.39, 0.29) is 28.7 Å². The number of rotatable bonds is 0. The number of anilines is 1. The van der Waals surface area contributed by atoms with Crippen molar-refractivity contribution in [2.75, 3.05) is 24.6 Å². The van der Waals surface area contributed by atoms with Crippen molar-refractivity contribution in [1.82, 2.24) is 4.72 Å². The van der Waals surface area contributed by atoms with Gasteiger partial charge in [0, 0.05) is 29.1 Å². The number of fused-ring (bicyclic) bond motifs is 4. The number of nitrogens with one attached hydrogen (secondary N) is 1. The number of amides is 1. The van der Waals surface area contributed by atoms with E-state index in [4.69, 9.17) is 16.3 Å². The quantitative estimate of drug-likeness (QED) is 0.430. The summed E-state index contributed by atoms with van der Waals surface area (Å²) in [6.07, 6.45) is 7.75. The van der Waals surface area contributed by atoms with Crippen molar-refractivity contribution in [3.8, 4) is 5.75 Å². The molecule has 6 rings (SSSR count). The Bertz CT molecular complexity index is 1460. The number of sulfonamides is 1. The van der Waals surface area contributed by atoms with E-state index in [2.05, 4.69) is 21.8 Å². The van der Waals surface area contributed by atoms with Gasteiger partial charge in [-0.05, 0) is 98.2 Å². The van der Waals surface area contributed by atoms with E-state index in [0.29, 0.717) is 25.4 Å². The molecule has 0 unspecified atom stereocenters. The Morgan fingerprint density at radius 1 is 1.12 bits per heavy atom. The van der Waals surface area contributed by atoms with E-state index < -0.39 is 27.3 Å². The van der Waals surface area contributed by atoms with Crippen molar-refractivity contribution in [2.24, 2.45) is 17.8 Å². The lowest BCUT2D eigenvalue weighted by molar-refractivity contribution is 0.0454. The number of aryl methyl sites for hydroxylation is 1. The van der Waals surface area contributed by atoms with Gasteiger partial charge in [-0.15, -0.1) is 0 Å². The van der Waals surface area contributed by atoms with Gasteiger partial charge in [-0.25, -0.2) is 13.1 Å². The lowest BCUT2D eigenvalue weighted by atomic mass is 9.68. The van der Waals surface area contributed by atoms with Crippen molar-refractivity contribution < 1.29 is 23.1 Å². The highest BCUT2D eigenvalue weighted by Gasteiger charge is 2.44. The number of halogens is 1. The minimum Gasteiger partial charge on any atom is -0.490 e. The topological polar surface area (TPSA) is 95.9 Å². The van der Waals surface area contributed by atoms with Gasteiger partial charge in [0.25, 0.3) is 5.91 Å². The third kappa shape index (κ3) is 4.92. The summed E-state index contributed by atoms with van der Waals surface area (Å²) in [5.41, 5.74) is 3.32. The molecule has 2 aliphatic heterocycles. The van der Waals surface area contributed by atoms with Crippen LogP contribution in [0.2, 0.25) is 5.02 Å². The molecule has 2 aromatic carbocycles. The van der Waals surface area contributed by atoms with Crippen LogP contribution in [0, 0.1) is 17.8 Å². The van der Waals surface area contributed by atoms with Gasteiger partial charge in [0.1, 0.15) is 5.75 Å². The van der Waals surface area contributed by atoms with E-state index in [1.54, 1.807) is 44.2 Å². The van der Waals surface area contributed by atoms with Gasteiger partial charge in [-0.3, -0.25) is 4.79 Å². The summed E-state index contributed by atoms with van der Waals surface area (Å²) in [6.45, 7) is 5.29. The number of aliphatic hydroxyl groups excluding tert-OH is 1. The summed E-state index contributed by atoms with van der Waals surface area (Å²) in [5, 5.41) is 11.0. The molecule has 2 heterocycles. The molecule has 0 radical (unpaired) electrons. The molecule has 9 heteroatoms. The van der Waals surface area contributed by atoms with Crippen molar-refractivity contribution in [2.45, 2.75) is 62.7 Å². The van der Waals surface area contributed by atoms with Crippen molar-refractivity contribution >= 4 is 33.2 Å². The Morgan fingerprint density at radius 2 is 1.95 bits per heavy atom. The Morgan fingerprint density at radius 3 is 2.73 bits per heavy atom. The molecule has 2 aromatic rings. The molecule has 4 aliphatic rings. The highest BCUT2D eigenvalue weighted by Crippen LogP contribution is 2.46. The molecule has 2 N–H and O–H groups in total. The van der Waals surface area contributed by atoms with Crippen LogP contribution in [0.15, 0.2) is 48.6 Å². The molecule has 1 saturated carbocycles. The van der Waals surface area contributed by atoms with E-state index in [1.807, 2.05) is 6.07 Å². The maximum atomic E-state index is 13.2. The smallest absolute Gasteiger partial charge is 0.264 e. The van der Waals surface area contributed by atoms with Crippen LogP contribution in [0.5, 0.6) is 5.75 Å². The first-order chi connectivity index (χ1) is 19.1. The Balaban J connectivity index is 1.44. The lowest BCUT2D eigenvalue weighted by Crippen LogP contribution is -2.49. The molecule has 1 amide bonds. The summed E-state index contributed by atoms with van der Waals surface area (Å²) in [5.74, 6) is -0.00460. The molecule has 0 aromatic heterocycles. The van der Waals surface area contributed by atoms with E-state index in [9.17, 15) is 18.3 Å². The number of nitrogens with zero attached hydrogens (tertiary/aromatic N) is 1. The third-order valence-corrected chi connectivity index (χ3v) is 11.9. The minimum atomic E-state index is -3.95. The summed E-state index contributed by atoms with van der Waals surface area (Å²) in [6, 6.07) is 11.3. The second-order valence-electron chi connectivity index (χ2n) is 12.2. The summed E-state index contributed by atoms with van der Waals surface area (Å²) in [4.78, 5) is 15.6. The fourth-order valence-electron chi connectivity index (χ4n) is 6.96. The second kappa shape index (κ2) is 10.4. The van der Waals surface area contributed by atoms with Gasteiger partial charge < -0.3 is 14.7 Å². The van der Waals surface area contributed by atoms with E-state index in [1.165, 1.54) is 11.1 Å². The number of hydrogen-bond donors (Lipinski definition) is 2. The van der Waals surface area contributed by atoms with Crippen LogP contribution in [0.1, 0.15) is 61.0 Å². The van der Waals surface area contributed by atoms with Crippen LogP contribution in [-0.4, -0.2) is 50.5 Å². The fourth-order valence-corrected chi connectivity index (χ4v) is 8.37. The summed E-state index contributed by atoms with van der Waals surface area (Å²) < 4.78 is 35.0. The predicted octanol–water partition coefficient (Wildman–Crippen LogP) is 4.85. The van der Waals surface area contributed by atoms with Gasteiger partial charge >= 0.3 is 0 Å². The number of aliphatic hydroxyl groups is 1. The normalized spacial score (nSPS) is 34.0. The molecule has 40 heavy (non-hydrogen) atoms. The largest absolute Gasteiger partial charge is 0.490 e. The van der Waals surface area contributed by atoms with Crippen LogP contribution < -0.4 is 14.4 Å². The highest BCUT2D eigenvalue weighted by atomic mass is 35.5. The summed E-state index contributed by atoms with van der Waals surface area (Å²) >= 11 is 6.37. The number of carbonyl (C=O) groups excluding carboxylic acids is 1. The van der Waals surface area contributed by atoms with E-state index >= 15 is 0 Å². The van der Waals surface area contributed by atoms with Crippen LogP contribution in [0.3, 0.4) is 0 Å². The van der Waals surface area contributed by atoms with Crippen LogP contribution in [0.4, 0.5) is 5.69 Å². The van der Waals surface area contributed by atoms with Crippen molar-refractivity contribution in [3.63, 3.8) is 0 Å². The third-order valence-electron chi connectivity index (χ3n) is 9.75. The monoisotopic (exact) mass is 584 g/mol. The van der Waals surface area contributed by atoms with E-state index in [0.717, 1.165) is 42.8 Å². The number of benzene rings is 2. The standard InChI is InChI=1S/C31H37ClN2O5S/c1-19-5-11-28(35)25-9-6-23(25)16-34-17-31(13-3-4-21-14-24(32)8-10-26(21)31)18-39-29-12-7-22(15-27(29)34)30(36)33-40(37,38)20(19)2/h5,7-8,10-12,14-15,19-20,23,25,28,35H,3-4,6,9,13,16-18H2,1-2H3,(H,33,36)/b11-5-/t19-,20+,23+,25-,28+,31+/m1/s1. The molecule has 7 nitrogen and oxygen atoms in total. The fraction of sp³-hybridized carbons (Fsp3) is 0.516. The zero-order chi connectivity index (χ0) is 28.2. The molecule has 214 valence electrons. The molecular formula is C31H37ClN2O5S. The molecular weight excluding hydrogens is 548 g/mol. The number of carbonyl (C=O) groups is 1. The SMILES string of the molecule is C[C@@H]1/C=C\[C@H](O)[C@@H]2CC[C@H]2CN2C[C@@]3(CCCc4cc(Cl)ccc43)COc3ccc(cc32)C(=O)NS(=O)(=O)[C@H]1C. The Labute approximate surface area is 241 Å². The molecule has 6 atom stereocenters. The van der Waals surface area contributed by atoms with Gasteiger partial charge in [0.05, 0.1) is 23.6 Å². The van der Waals surface area contributed by atoms with Crippen molar-refractivity contribution in [1.29, 1.82) is 0 Å². The first-order valence-corrected chi connectivity index (χ1v) is 16.2. The maximum Gasteiger partial charge on any atom is 0.264 e. The number of hydrogen-bond acceptors (Lipinski definition) is 6. The van der Waals surface area contributed by atoms with Gasteiger partial charge in [-0.2, -0.15) is 0 Å². The maximum absolute atomic E-state index is 13.2. The first-order valence-electron chi connectivity index (χ1n) is 14.3. The highest BCUT2D eigenvalue weighted by molar-refractivity contribution is 7.90. The average Bonchev–Trinajstić information content (AvgIpc) is 3.05. The molecule has 2 aliphatic carbocycles.